The molecule has 0 aromatic carbocycles. The molecule has 0 bridgehead atoms. The molecule has 20 heavy (non-hydrogen) atoms. The third-order valence-corrected chi connectivity index (χ3v) is 3.23. The highest BCUT2D eigenvalue weighted by Gasteiger charge is 2.18. The van der Waals surface area contributed by atoms with Crippen molar-refractivity contribution in [3.63, 3.8) is 0 Å². The van der Waals surface area contributed by atoms with Crippen molar-refractivity contribution in [2.24, 2.45) is 11.7 Å². The van der Waals surface area contributed by atoms with Crippen molar-refractivity contribution in [2.75, 3.05) is 31.7 Å². The molecule has 0 atom stereocenters. The number of hydrogen-bond donors (Lipinski definition) is 1. The Hall–Kier alpha value is -1.20. The van der Waals surface area contributed by atoms with Gasteiger partial charge in [-0.15, -0.1) is 0 Å². The Kier molecular flexibility index (Phi) is 6.36. The van der Waals surface area contributed by atoms with Gasteiger partial charge in [0.15, 0.2) is 0 Å². The van der Waals surface area contributed by atoms with E-state index < -0.39 is 0 Å². The van der Waals surface area contributed by atoms with Crippen LogP contribution in [0.4, 0.5) is 5.82 Å². The number of nitrogens with two attached hydrogens (primary N) is 1. The fourth-order valence-electron chi connectivity index (χ4n) is 2.28. The van der Waals surface area contributed by atoms with Crippen molar-refractivity contribution >= 4 is 23.0 Å². The monoisotopic (exact) mass is 295 g/mol. The Morgan fingerprint density at radius 2 is 2.10 bits per heavy atom. The first-order valence-electron chi connectivity index (χ1n) is 6.88. The highest BCUT2D eigenvalue weighted by molar-refractivity contribution is 7.80. The molecule has 2 N–H and O–H groups in total. The zero-order valence-electron chi connectivity index (χ0n) is 13.1. The van der Waals surface area contributed by atoms with Gasteiger partial charge < -0.3 is 15.4 Å². The summed E-state index contributed by atoms with van der Waals surface area (Å²) in [6.45, 7) is 10.7. The number of anilines is 1. The quantitative estimate of drug-likeness (QED) is 0.783. The second kappa shape index (κ2) is 7.55. The molecule has 0 fully saturated rings. The van der Waals surface area contributed by atoms with Gasteiger partial charge in [-0.05, 0) is 31.4 Å². The second-order valence-corrected chi connectivity index (χ2v) is 5.92. The minimum atomic E-state index is 0.399. The van der Waals surface area contributed by atoms with Gasteiger partial charge >= 0.3 is 0 Å². The average molecular weight is 295 g/mol. The zero-order valence-corrected chi connectivity index (χ0v) is 13.9. The molecule has 0 spiro atoms. The molecule has 0 aliphatic heterocycles. The first kappa shape index (κ1) is 16.9. The van der Waals surface area contributed by atoms with E-state index in [0.717, 1.165) is 35.7 Å². The number of pyridine rings is 1. The van der Waals surface area contributed by atoms with E-state index in [-0.39, 0.29) is 0 Å². The largest absolute Gasteiger partial charge is 0.389 e. The third-order valence-electron chi connectivity index (χ3n) is 3.02. The average Bonchev–Trinajstić information content (AvgIpc) is 2.32. The Balaban J connectivity index is 3.25. The molecule has 0 amide bonds. The van der Waals surface area contributed by atoms with E-state index in [1.165, 1.54) is 0 Å². The molecule has 0 aliphatic carbocycles. The number of aryl methyl sites for hydroxylation is 2. The van der Waals surface area contributed by atoms with Crippen molar-refractivity contribution in [1.82, 2.24) is 4.98 Å². The van der Waals surface area contributed by atoms with Gasteiger partial charge in [-0.25, -0.2) is 4.98 Å². The molecular formula is C15H25N3OS. The standard InChI is InChI=1S/C15H25N3OS/c1-10(2)9-18(6-7-19-5)15-13(14(16)20)11(3)8-12(4)17-15/h8,10H,6-7,9H2,1-5H3,(H2,16,20). The normalized spacial score (nSPS) is 10.9. The number of ether oxygens (including phenoxy) is 1. The molecule has 0 saturated heterocycles. The van der Waals surface area contributed by atoms with E-state index in [2.05, 4.69) is 23.7 Å². The van der Waals surface area contributed by atoms with Crippen molar-refractivity contribution in [2.45, 2.75) is 27.7 Å². The van der Waals surface area contributed by atoms with Crippen LogP contribution in [0.25, 0.3) is 0 Å². The lowest BCUT2D eigenvalue weighted by Crippen LogP contribution is -2.34. The van der Waals surface area contributed by atoms with Gasteiger partial charge in [-0.1, -0.05) is 26.1 Å². The van der Waals surface area contributed by atoms with E-state index in [1.54, 1.807) is 7.11 Å². The summed E-state index contributed by atoms with van der Waals surface area (Å²) < 4.78 is 5.20. The molecule has 0 aliphatic rings. The summed E-state index contributed by atoms with van der Waals surface area (Å²) in [5, 5.41) is 0. The summed E-state index contributed by atoms with van der Waals surface area (Å²) in [6, 6.07) is 2.02. The number of rotatable bonds is 7. The third kappa shape index (κ3) is 4.42. The fraction of sp³-hybridized carbons (Fsp3) is 0.600. The Labute approximate surface area is 127 Å². The van der Waals surface area contributed by atoms with E-state index in [9.17, 15) is 0 Å². The van der Waals surface area contributed by atoms with Crippen LogP contribution in [-0.4, -0.2) is 36.8 Å². The van der Waals surface area contributed by atoms with Crippen molar-refractivity contribution < 1.29 is 4.74 Å². The fourth-order valence-corrected chi connectivity index (χ4v) is 2.53. The first-order chi connectivity index (χ1) is 9.36. The first-order valence-corrected chi connectivity index (χ1v) is 7.29. The minimum Gasteiger partial charge on any atom is -0.389 e. The van der Waals surface area contributed by atoms with E-state index in [1.807, 2.05) is 19.9 Å². The molecule has 1 rings (SSSR count). The maximum atomic E-state index is 5.90. The van der Waals surface area contributed by atoms with Gasteiger partial charge in [0.1, 0.15) is 10.8 Å². The van der Waals surface area contributed by atoms with Crippen molar-refractivity contribution in [1.29, 1.82) is 0 Å². The van der Waals surface area contributed by atoms with Gasteiger partial charge in [0.25, 0.3) is 0 Å². The lowest BCUT2D eigenvalue weighted by atomic mass is 10.1. The SMILES string of the molecule is COCCN(CC(C)C)c1nc(C)cc(C)c1C(N)=S. The smallest absolute Gasteiger partial charge is 0.139 e. The summed E-state index contributed by atoms with van der Waals surface area (Å²) in [5.74, 6) is 1.40. The molecule has 1 aromatic heterocycles. The van der Waals surface area contributed by atoms with E-state index >= 15 is 0 Å². The number of aromatic nitrogens is 1. The second-order valence-electron chi connectivity index (χ2n) is 5.48. The molecule has 1 aromatic rings. The lowest BCUT2D eigenvalue weighted by molar-refractivity contribution is 0.204. The zero-order chi connectivity index (χ0) is 15.3. The van der Waals surface area contributed by atoms with Crippen LogP contribution < -0.4 is 10.6 Å². The molecule has 5 heteroatoms. The van der Waals surface area contributed by atoms with Gasteiger partial charge in [-0.2, -0.15) is 0 Å². The van der Waals surface area contributed by atoms with Crippen LogP contribution in [0.15, 0.2) is 6.07 Å². The van der Waals surface area contributed by atoms with Crippen LogP contribution in [0.5, 0.6) is 0 Å². The molecule has 0 saturated carbocycles. The van der Waals surface area contributed by atoms with Crippen LogP contribution in [0, 0.1) is 19.8 Å². The Bertz CT molecular complexity index is 474. The summed E-state index contributed by atoms with van der Waals surface area (Å²) in [4.78, 5) is 7.27. The summed E-state index contributed by atoms with van der Waals surface area (Å²) in [6.07, 6.45) is 0. The molecule has 0 radical (unpaired) electrons. The summed E-state index contributed by atoms with van der Waals surface area (Å²) >= 11 is 5.21. The van der Waals surface area contributed by atoms with Gasteiger partial charge in [0, 0.05) is 25.9 Å². The Morgan fingerprint density at radius 1 is 1.45 bits per heavy atom. The number of nitrogens with zero attached hydrogens (tertiary/aromatic N) is 2. The summed E-state index contributed by atoms with van der Waals surface area (Å²) in [7, 11) is 1.71. The molecule has 1 heterocycles. The molecule has 0 unspecified atom stereocenters. The van der Waals surface area contributed by atoms with E-state index in [4.69, 9.17) is 22.7 Å². The highest BCUT2D eigenvalue weighted by Crippen LogP contribution is 2.23. The van der Waals surface area contributed by atoms with Gasteiger partial charge in [0.05, 0.1) is 12.2 Å². The predicted molar refractivity (Wildman–Crippen MR) is 88.5 cm³/mol. The van der Waals surface area contributed by atoms with Crippen LogP contribution in [0.1, 0.15) is 30.7 Å². The van der Waals surface area contributed by atoms with Crippen LogP contribution in [-0.2, 0) is 4.74 Å². The minimum absolute atomic E-state index is 0.399. The predicted octanol–water partition coefficient (Wildman–Crippen LogP) is 2.44. The maximum Gasteiger partial charge on any atom is 0.139 e. The molecular weight excluding hydrogens is 270 g/mol. The maximum absolute atomic E-state index is 5.90. The Morgan fingerprint density at radius 3 is 2.60 bits per heavy atom. The number of methoxy groups -OCH3 is 1. The number of hydrogen-bond acceptors (Lipinski definition) is 4. The van der Waals surface area contributed by atoms with Crippen LogP contribution in [0.2, 0.25) is 0 Å². The molecule has 4 nitrogen and oxygen atoms in total. The van der Waals surface area contributed by atoms with Crippen LogP contribution >= 0.6 is 12.2 Å². The van der Waals surface area contributed by atoms with E-state index in [0.29, 0.717) is 17.5 Å². The molecule has 112 valence electrons. The topological polar surface area (TPSA) is 51.4 Å². The van der Waals surface area contributed by atoms with Gasteiger partial charge in [0.2, 0.25) is 0 Å². The summed E-state index contributed by atoms with van der Waals surface area (Å²) in [5.41, 5.74) is 8.82. The highest BCUT2D eigenvalue weighted by atomic mass is 32.1. The lowest BCUT2D eigenvalue weighted by Gasteiger charge is -2.28. The number of thiocarbonyl (C=S) groups is 1. The van der Waals surface area contributed by atoms with Crippen LogP contribution in [0.3, 0.4) is 0 Å². The van der Waals surface area contributed by atoms with Crippen molar-refractivity contribution in [3.8, 4) is 0 Å². The van der Waals surface area contributed by atoms with Gasteiger partial charge in [-0.3, -0.25) is 0 Å². The van der Waals surface area contributed by atoms with Crippen molar-refractivity contribution in [3.05, 3.63) is 22.9 Å².